The van der Waals surface area contributed by atoms with Gasteiger partial charge in [0.25, 0.3) is 0 Å². The Bertz CT molecular complexity index is 1160. The molecule has 1 saturated heterocycles. The molecule has 1 saturated carbocycles. The quantitative estimate of drug-likeness (QED) is 0.270. The second-order valence-corrected chi connectivity index (χ2v) is 12.3. The number of rotatable bonds is 12. The van der Waals surface area contributed by atoms with Gasteiger partial charge in [0.05, 0.1) is 19.2 Å². The fraction of sp³-hybridized carbons (Fsp3) is 0.531. The van der Waals surface area contributed by atoms with Crippen molar-refractivity contribution in [1.82, 2.24) is 14.5 Å². The van der Waals surface area contributed by atoms with Gasteiger partial charge in [-0.2, -0.15) is 0 Å². The molecule has 0 aromatic heterocycles. The highest BCUT2D eigenvalue weighted by Gasteiger charge is 2.32. The number of ether oxygens (including phenoxy) is 2. The third-order valence-electron chi connectivity index (χ3n) is 8.33. The predicted molar refractivity (Wildman–Crippen MR) is 161 cm³/mol. The van der Waals surface area contributed by atoms with Crippen molar-refractivity contribution in [3.8, 4) is 5.75 Å². The number of nitrogens with zero attached hydrogens (tertiary/aromatic N) is 2. The molecule has 1 heterocycles. The normalized spacial score (nSPS) is 17.5. The van der Waals surface area contributed by atoms with Gasteiger partial charge in [0.15, 0.2) is 0 Å². The summed E-state index contributed by atoms with van der Waals surface area (Å²) in [4.78, 5) is 39.2. The lowest BCUT2D eigenvalue weighted by Gasteiger charge is -2.36. The number of hydrogen-bond acceptors (Lipinski definition) is 8. The van der Waals surface area contributed by atoms with E-state index in [1.807, 2.05) is 30.3 Å². The predicted octanol–water partition coefficient (Wildman–Crippen LogP) is 5.21. The van der Waals surface area contributed by atoms with Crippen molar-refractivity contribution in [1.29, 1.82) is 0 Å². The highest BCUT2D eigenvalue weighted by atomic mass is 32.2. The fourth-order valence-corrected chi connectivity index (χ4v) is 6.49. The van der Waals surface area contributed by atoms with Gasteiger partial charge in [0.2, 0.25) is 11.0 Å². The van der Waals surface area contributed by atoms with E-state index in [4.69, 9.17) is 9.47 Å². The zero-order chi connectivity index (χ0) is 29.1. The minimum Gasteiger partial charge on any atom is -0.489 e. The van der Waals surface area contributed by atoms with E-state index in [9.17, 15) is 14.4 Å². The number of benzene rings is 2. The van der Waals surface area contributed by atoms with E-state index in [-0.39, 0.29) is 29.0 Å². The first-order valence-corrected chi connectivity index (χ1v) is 15.5. The topological polar surface area (TPSA) is 88.2 Å². The van der Waals surface area contributed by atoms with E-state index in [1.165, 1.54) is 38.3 Å². The van der Waals surface area contributed by atoms with Crippen LogP contribution in [0.2, 0.25) is 0 Å². The molecule has 0 bridgehead atoms. The summed E-state index contributed by atoms with van der Waals surface area (Å²) in [7, 11) is 1.37. The Morgan fingerprint density at radius 2 is 1.66 bits per heavy atom. The summed E-state index contributed by atoms with van der Waals surface area (Å²) in [5.41, 5.74) is 2.72. The van der Waals surface area contributed by atoms with Crippen molar-refractivity contribution in [3.05, 3.63) is 65.2 Å². The first kappa shape index (κ1) is 31.1. The number of hydrogen-bond donors (Lipinski definition) is 1. The molecule has 1 amide bonds. The number of carbonyl (C=O) groups is 3. The second-order valence-electron chi connectivity index (χ2n) is 11.1. The Labute approximate surface area is 248 Å². The molecule has 9 heteroatoms. The maximum absolute atomic E-state index is 12.6. The number of methoxy groups -OCH3 is 1. The van der Waals surface area contributed by atoms with Crippen molar-refractivity contribution >= 4 is 28.9 Å². The van der Waals surface area contributed by atoms with Gasteiger partial charge < -0.3 is 14.8 Å². The van der Waals surface area contributed by atoms with Crippen LogP contribution in [0, 0.1) is 5.41 Å². The van der Waals surface area contributed by atoms with Gasteiger partial charge in [-0.25, -0.2) is 9.10 Å². The Morgan fingerprint density at radius 3 is 2.34 bits per heavy atom. The van der Waals surface area contributed by atoms with Gasteiger partial charge in [-0.15, -0.1) is 0 Å². The summed E-state index contributed by atoms with van der Waals surface area (Å²) in [6.45, 7) is 6.67. The van der Waals surface area contributed by atoms with Crippen molar-refractivity contribution in [2.45, 2.75) is 65.0 Å². The highest BCUT2D eigenvalue weighted by Crippen LogP contribution is 2.42. The van der Waals surface area contributed by atoms with E-state index in [0.29, 0.717) is 18.6 Å². The summed E-state index contributed by atoms with van der Waals surface area (Å²) < 4.78 is 13.0. The molecule has 0 atom stereocenters. The minimum absolute atomic E-state index is 0.00612. The average Bonchev–Trinajstić information content (AvgIpc) is 3.01. The molecular weight excluding hydrogens is 538 g/mol. The van der Waals surface area contributed by atoms with Crippen LogP contribution in [0.25, 0.3) is 0 Å². The summed E-state index contributed by atoms with van der Waals surface area (Å²) >= 11 is 1.23. The molecule has 2 aromatic carbocycles. The van der Waals surface area contributed by atoms with Gasteiger partial charge in [-0.1, -0.05) is 56.5 Å². The van der Waals surface area contributed by atoms with Crippen LogP contribution in [0.5, 0.6) is 5.75 Å². The summed E-state index contributed by atoms with van der Waals surface area (Å²) in [5, 5.41) is 2.86. The summed E-state index contributed by atoms with van der Waals surface area (Å²) in [6, 6.07) is 15.3. The molecular formula is C32H43N3O5S. The number of para-hydroxylation sites is 1. The lowest BCUT2D eigenvalue weighted by Crippen LogP contribution is -2.44. The first-order chi connectivity index (χ1) is 19.9. The van der Waals surface area contributed by atoms with Crippen molar-refractivity contribution in [2.75, 3.05) is 39.8 Å². The van der Waals surface area contributed by atoms with Crippen molar-refractivity contribution in [3.63, 3.8) is 0 Å². The lowest BCUT2D eigenvalue weighted by atomic mass is 9.70. The summed E-state index contributed by atoms with van der Waals surface area (Å²) in [5.74, 6) is 0.490. The maximum Gasteiger partial charge on any atom is 0.337 e. The molecule has 1 N–H and O–H groups in total. The maximum atomic E-state index is 12.6. The lowest BCUT2D eigenvalue weighted by molar-refractivity contribution is -0.125. The van der Waals surface area contributed by atoms with Gasteiger partial charge in [0.1, 0.15) is 12.4 Å². The van der Waals surface area contributed by atoms with Crippen LogP contribution in [-0.2, 0) is 27.5 Å². The molecule has 222 valence electrons. The Morgan fingerprint density at radius 1 is 0.951 bits per heavy atom. The van der Waals surface area contributed by atoms with Crippen LogP contribution >= 0.6 is 11.9 Å². The van der Waals surface area contributed by atoms with Crippen LogP contribution in [0.1, 0.15) is 73.4 Å². The smallest absolute Gasteiger partial charge is 0.337 e. The van der Waals surface area contributed by atoms with Gasteiger partial charge in [0, 0.05) is 44.7 Å². The van der Waals surface area contributed by atoms with E-state index in [1.54, 1.807) is 12.1 Å². The molecule has 8 nitrogen and oxygen atoms in total. The Balaban J connectivity index is 1.18. The number of nitrogens with one attached hydrogen (secondary N) is 1. The van der Waals surface area contributed by atoms with Gasteiger partial charge in [-0.05, 0) is 60.4 Å². The largest absolute Gasteiger partial charge is 0.489 e. The zero-order valence-electron chi connectivity index (χ0n) is 24.4. The third-order valence-corrected chi connectivity index (χ3v) is 9.30. The Hall–Kier alpha value is -2.88. The minimum atomic E-state index is -0.354. The second kappa shape index (κ2) is 15.4. The van der Waals surface area contributed by atoms with Crippen molar-refractivity contribution < 1.29 is 23.9 Å². The molecule has 0 unspecified atom stereocenters. The van der Waals surface area contributed by atoms with Crippen LogP contribution in [0.15, 0.2) is 48.5 Å². The van der Waals surface area contributed by atoms with Crippen LogP contribution < -0.4 is 10.1 Å². The first-order valence-electron chi connectivity index (χ1n) is 14.7. The molecule has 2 aliphatic rings. The zero-order valence-corrected chi connectivity index (χ0v) is 25.2. The molecule has 0 spiro atoms. The number of esters is 1. The number of amides is 1. The van der Waals surface area contributed by atoms with E-state index in [2.05, 4.69) is 27.5 Å². The molecule has 1 aliphatic carbocycles. The fourth-order valence-electron chi connectivity index (χ4n) is 5.72. The number of piperazine rings is 1. The van der Waals surface area contributed by atoms with Crippen LogP contribution in [0.3, 0.4) is 0 Å². The average molecular weight is 582 g/mol. The molecule has 2 aromatic rings. The molecule has 0 radical (unpaired) electrons. The third kappa shape index (κ3) is 9.31. The number of carbonyl (C=O) groups excluding carboxylic acids is 3. The Kier molecular flexibility index (Phi) is 11.7. The highest BCUT2D eigenvalue weighted by molar-refractivity contribution is 8.11. The van der Waals surface area contributed by atoms with Gasteiger partial charge >= 0.3 is 5.97 Å². The standard InChI is InChI=1S/C32H43N3O5S/c1-3-32(15-7-4-8-16-32)21-29(36)33-22-30(37)41-35-19-17-34(18-20-35)23-27-9-5-6-10-28(27)40-24-25-11-13-26(14-12-25)31(38)39-2/h5-6,9-14H,3-4,7-8,15-24H2,1-2H3,(H,33,36). The molecule has 4 rings (SSSR count). The van der Waals surface area contributed by atoms with E-state index >= 15 is 0 Å². The summed E-state index contributed by atoms with van der Waals surface area (Å²) in [6.07, 6.45) is 7.47. The molecule has 2 fully saturated rings. The van der Waals surface area contributed by atoms with E-state index < -0.39 is 0 Å². The van der Waals surface area contributed by atoms with Crippen molar-refractivity contribution in [2.24, 2.45) is 5.41 Å². The van der Waals surface area contributed by atoms with Crippen LogP contribution in [0.4, 0.5) is 0 Å². The molecule has 1 aliphatic heterocycles. The van der Waals surface area contributed by atoms with E-state index in [0.717, 1.165) is 68.9 Å². The van der Waals surface area contributed by atoms with Crippen LogP contribution in [-0.4, -0.2) is 66.0 Å². The monoisotopic (exact) mass is 581 g/mol. The SMILES string of the molecule is CCC1(CC(=O)NCC(=O)SN2CCN(Cc3ccccc3OCc3ccc(C(=O)OC)cc3)CC2)CCCCC1. The molecule has 41 heavy (non-hydrogen) atoms. The van der Waals surface area contributed by atoms with Gasteiger partial charge in [-0.3, -0.25) is 14.5 Å².